The Balaban J connectivity index is 1.61. The molecule has 2 heterocycles. The van der Waals surface area contributed by atoms with E-state index in [0.29, 0.717) is 22.4 Å². The monoisotopic (exact) mass is 343 g/mol. The summed E-state index contributed by atoms with van der Waals surface area (Å²) in [6.45, 7) is 0. The summed E-state index contributed by atoms with van der Waals surface area (Å²) in [5.74, 6) is 1.07. The van der Waals surface area contributed by atoms with Crippen molar-refractivity contribution < 1.29 is 13.9 Å². The number of nitrogens with one attached hydrogen (secondary N) is 1. The minimum atomic E-state index is -0.261. The molecule has 3 aromatic rings. The molecule has 9 heteroatoms. The first-order valence-electron chi connectivity index (χ1n) is 6.93. The highest BCUT2D eigenvalue weighted by molar-refractivity contribution is 7.99. The van der Waals surface area contributed by atoms with Crippen LogP contribution in [-0.2, 0) is 4.79 Å². The molecule has 0 fully saturated rings. The molecule has 0 unspecified atom stereocenters. The number of rotatable bonds is 6. The Labute approximate surface area is 141 Å². The highest BCUT2D eigenvalue weighted by atomic mass is 32.2. The Morgan fingerprint density at radius 2 is 2.00 bits per heavy atom. The van der Waals surface area contributed by atoms with Crippen molar-refractivity contribution in [3.05, 3.63) is 42.7 Å². The number of amides is 1. The third-order valence-corrected chi connectivity index (χ3v) is 3.71. The van der Waals surface area contributed by atoms with Crippen molar-refractivity contribution >= 4 is 23.6 Å². The molecule has 2 aromatic heterocycles. The first-order chi connectivity index (χ1) is 11.8. The van der Waals surface area contributed by atoms with Crippen molar-refractivity contribution in [1.29, 1.82) is 0 Å². The van der Waals surface area contributed by atoms with E-state index in [2.05, 4.69) is 25.5 Å². The Morgan fingerprint density at radius 1 is 1.21 bits per heavy atom. The van der Waals surface area contributed by atoms with Crippen LogP contribution in [0.3, 0.4) is 0 Å². The summed E-state index contributed by atoms with van der Waals surface area (Å²) >= 11 is 1.13. The van der Waals surface area contributed by atoms with Crippen LogP contribution in [0.25, 0.3) is 11.5 Å². The Bertz CT molecular complexity index is 825. The molecule has 0 bridgehead atoms. The zero-order valence-corrected chi connectivity index (χ0v) is 13.5. The van der Waals surface area contributed by atoms with Gasteiger partial charge in [0.1, 0.15) is 5.75 Å². The minimum absolute atomic E-state index is 0.103. The second kappa shape index (κ2) is 7.55. The zero-order valence-electron chi connectivity index (χ0n) is 12.7. The third-order valence-electron chi connectivity index (χ3n) is 2.89. The van der Waals surface area contributed by atoms with Gasteiger partial charge in [-0.3, -0.25) is 10.1 Å². The van der Waals surface area contributed by atoms with Crippen LogP contribution in [0, 0.1) is 0 Å². The molecule has 0 saturated heterocycles. The average Bonchev–Trinajstić information content (AvgIpc) is 3.09. The molecule has 24 heavy (non-hydrogen) atoms. The summed E-state index contributed by atoms with van der Waals surface area (Å²) in [6, 6.07) is 8.99. The summed E-state index contributed by atoms with van der Waals surface area (Å²) in [5, 5.41) is 10.8. The highest BCUT2D eigenvalue weighted by Crippen LogP contribution is 2.30. The minimum Gasteiger partial charge on any atom is -0.496 e. The number of para-hydroxylation sites is 1. The molecule has 1 aromatic carbocycles. The predicted octanol–water partition coefficient (Wildman–Crippen LogP) is 2.27. The van der Waals surface area contributed by atoms with Crippen LogP contribution in [0.15, 0.2) is 52.4 Å². The molecule has 0 aliphatic rings. The van der Waals surface area contributed by atoms with E-state index in [4.69, 9.17) is 9.15 Å². The van der Waals surface area contributed by atoms with Gasteiger partial charge in [-0.1, -0.05) is 23.9 Å². The summed E-state index contributed by atoms with van der Waals surface area (Å²) < 4.78 is 10.8. The molecule has 0 spiro atoms. The maximum Gasteiger partial charge on any atom is 0.277 e. The van der Waals surface area contributed by atoms with Gasteiger partial charge in [-0.25, -0.2) is 9.97 Å². The molecule has 0 aliphatic heterocycles. The van der Waals surface area contributed by atoms with Gasteiger partial charge in [0.25, 0.3) is 11.1 Å². The lowest BCUT2D eigenvalue weighted by Gasteiger charge is -2.03. The maximum atomic E-state index is 11.8. The van der Waals surface area contributed by atoms with E-state index < -0.39 is 0 Å². The number of anilines is 1. The van der Waals surface area contributed by atoms with Crippen LogP contribution in [0.5, 0.6) is 5.75 Å². The van der Waals surface area contributed by atoms with Gasteiger partial charge in [0.05, 0.1) is 18.4 Å². The first-order valence-corrected chi connectivity index (χ1v) is 7.91. The fraction of sp³-hybridized carbons (Fsp3) is 0.133. The van der Waals surface area contributed by atoms with Gasteiger partial charge < -0.3 is 9.15 Å². The van der Waals surface area contributed by atoms with Gasteiger partial charge in [0.2, 0.25) is 11.9 Å². The van der Waals surface area contributed by atoms with Gasteiger partial charge in [-0.05, 0) is 18.2 Å². The molecule has 0 radical (unpaired) electrons. The van der Waals surface area contributed by atoms with Crippen molar-refractivity contribution in [2.45, 2.75) is 5.22 Å². The second-order valence-electron chi connectivity index (χ2n) is 4.48. The number of nitrogens with zero attached hydrogens (tertiary/aromatic N) is 4. The van der Waals surface area contributed by atoms with E-state index >= 15 is 0 Å². The topological polar surface area (TPSA) is 103 Å². The van der Waals surface area contributed by atoms with Gasteiger partial charge in [0.15, 0.2) is 0 Å². The molecule has 122 valence electrons. The Morgan fingerprint density at radius 3 is 2.79 bits per heavy atom. The average molecular weight is 343 g/mol. The number of hydrogen-bond donors (Lipinski definition) is 1. The molecule has 8 nitrogen and oxygen atoms in total. The molecule has 0 aliphatic carbocycles. The third kappa shape index (κ3) is 3.87. The summed E-state index contributed by atoms with van der Waals surface area (Å²) in [6.07, 6.45) is 3.10. The quantitative estimate of drug-likeness (QED) is 0.680. The lowest BCUT2D eigenvalue weighted by Crippen LogP contribution is -2.15. The number of aromatic nitrogens is 4. The number of carbonyl (C=O) groups is 1. The van der Waals surface area contributed by atoms with E-state index in [9.17, 15) is 4.79 Å². The Kier molecular flexibility index (Phi) is 5.02. The van der Waals surface area contributed by atoms with Crippen LogP contribution in [0.4, 0.5) is 5.95 Å². The van der Waals surface area contributed by atoms with Crippen molar-refractivity contribution in [2.75, 3.05) is 18.2 Å². The Hall–Kier alpha value is -2.94. The van der Waals surface area contributed by atoms with Crippen LogP contribution < -0.4 is 10.1 Å². The number of thioether (sulfide) groups is 1. The van der Waals surface area contributed by atoms with E-state index in [1.807, 2.05) is 18.2 Å². The smallest absolute Gasteiger partial charge is 0.277 e. The first kappa shape index (κ1) is 15.9. The van der Waals surface area contributed by atoms with Gasteiger partial charge in [-0.2, -0.15) is 0 Å². The van der Waals surface area contributed by atoms with Gasteiger partial charge >= 0.3 is 0 Å². The molecule has 0 saturated carbocycles. The number of methoxy groups -OCH3 is 1. The van der Waals surface area contributed by atoms with Crippen LogP contribution in [0.1, 0.15) is 0 Å². The summed E-state index contributed by atoms with van der Waals surface area (Å²) in [7, 11) is 1.57. The number of benzene rings is 1. The molecule has 1 amide bonds. The largest absolute Gasteiger partial charge is 0.496 e. The van der Waals surface area contributed by atoms with Crippen molar-refractivity contribution in [2.24, 2.45) is 0 Å². The SMILES string of the molecule is COc1ccccc1-c1nnc(SCC(=O)Nc2ncccn2)o1. The number of hydrogen-bond acceptors (Lipinski definition) is 8. The zero-order chi connectivity index (χ0) is 16.8. The molecule has 3 rings (SSSR count). The van der Waals surface area contributed by atoms with E-state index in [1.165, 1.54) is 0 Å². The molecular formula is C15H13N5O3S. The van der Waals surface area contributed by atoms with Gasteiger partial charge in [-0.15, -0.1) is 10.2 Å². The second-order valence-corrected chi connectivity index (χ2v) is 5.41. The van der Waals surface area contributed by atoms with Crippen molar-refractivity contribution in [3.63, 3.8) is 0 Å². The predicted molar refractivity (Wildman–Crippen MR) is 87.7 cm³/mol. The van der Waals surface area contributed by atoms with Crippen LogP contribution in [0.2, 0.25) is 0 Å². The van der Waals surface area contributed by atoms with E-state index in [-0.39, 0.29) is 17.6 Å². The fourth-order valence-corrected chi connectivity index (χ4v) is 2.41. The van der Waals surface area contributed by atoms with Crippen LogP contribution in [-0.4, -0.2) is 38.9 Å². The normalized spacial score (nSPS) is 10.4. The van der Waals surface area contributed by atoms with E-state index in [1.54, 1.807) is 31.6 Å². The standard InChI is InChI=1S/C15H13N5O3S/c1-22-11-6-3-2-5-10(11)13-19-20-15(23-13)24-9-12(21)18-14-16-7-4-8-17-14/h2-8H,9H2,1H3,(H,16,17,18,21). The molecular weight excluding hydrogens is 330 g/mol. The lowest BCUT2D eigenvalue weighted by molar-refractivity contribution is -0.113. The molecule has 1 N–H and O–H groups in total. The van der Waals surface area contributed by atoms with Crippen molar-refractivity contribution in [1.82, 2.24) is 20.2 Å². The molecule has 0 atom stereocenters. The highest BCUT2D eigenvalue weighted by Gasteiger charge is 2.14. The van der Waals surface area contributed by atoms with Crippen molar-refractivity contribution in [3.8, 4) is 17.2 Å². The summed E-state index contributed by atoms with van der Waals surface area (Å²) in [5.41, 5.74) is 0.696. The summed E-state index contributed by atoms with van der Waals surface area (Å²) in [4.78, 5) is 19.7. The number of ether oxygens (including phenoxy) is 1. The number of carbonyl (C=O) groups excluding carboxylic acids is 1. The van der Waals surface area contributed by atoms with Gasteiger partial charge in [0, 0.05) is 12.4 Å². The van der Waals surface area contributed by atoms with E-state index in [0.717, 1.165) is 11.8 Å². The fourth-order valence-electron chi connectivity index (χ4n) is 1.85. The van der Waals surface area contributed by atoms with Crippen LogP contribution >= 0.6 is 11.8 Å². The lowest BCUT2D eigenvalue weighted by atomic mass is 10.2. The maximum absolute atomic E-state index is 11.8.